The third kappa shape index (κ3) is 5.44. The van der Waals surface area contributed by atoms with Crippen molar-refractivity contribution in [2.45, 2.75) is 19.6 Å². The summed E-state index contributed by atoms with van der Waals surface area (Å²) >= 11 is 0. The molecule has 0 spiro atoms. The highest BCUT2D eigenvalue weighted by molar-refractivity contribution is 6.12. The van der Waals surface area contributed by atoms with Crippen molar-refractivity contribution in [2.24, 2.45) is 5.92 Å². The molecule has 2 atom stereocenters. The van der Waals surface area contributed by atoms with Crippen LogP contribution in [-0.2, 0) is 19.1 Å². The number of ether oxygens (including phenoxy) is 2. The number of carbonyl (C=O) groups is 2. The Morgan fingerprint density at radius 3 is 2.91 bits per heavy atom. The third-order valence-corrected chi connectivity index (χ3v) is 5.62. The number of hydrogen-bond acceptors (Lipinski definition) is 9. The van der Waals surface area contributed by atoms with E-state index in [9.17, 15) is 9.59 Å². The predicted molar refractivity (Wildman–Crippen MR) is 130 cm³/mol. The summed E-state index contributed by atoms with van der Waals surface area (Å²) in [4.78, 5) is 33.4. The van der Waals surface area contributed by atoms with Gasteiger partial charge in [0.1, 0.15) is 5.65 Å². The molecule has 1 aliphatic heterocycles. The minimum Gasteiger partial charge on any atom is -0.466 e. The maximum Gasteiger partial charge on any atom is 0.322 e. The average Bonchev–Trinajstić information content (AvgIpc) is 3.40. The predicted octanol–water partition coefficient (Wildman–Crippen LogP) is 2.20. The quantitative estimate of drug-likeness (QED) is 0.128. The molecule has 4 rings (SSSR count). The molecule has 10 nitrogen and oxygen atoms in total. The van der Waals surface area contributed by atoms with Gasteiger partial charge < -0.3 is 35.3 Å². The Hall–Kier alpha value is -3.89. The highest BCUT2D eigenvalue weighted by Gasteiger charge is 2.47. The van der Waals surface area contributed by atoms with Gasteiger partial charge >= 0.3 is 5.97 Å². The van der Waals surface area contributed by atoms with E-state index in [1.165, 1.54) is 0 Å². The second-order valence-electron chi connectivity index (χ2n) is 8.10. The Labute approximate surface area is 202 Å². The maximum atomic E-state index is 13.3. The van der Waals surface area contributed by atoms with Gasteiger partial charge in [-0.25, -0.2) is 4.98 Å². The topological polar surface area (TPSA) is 146 Å². The number of nitrogens with one attached hydrogen (secondary N) is 3. The number of ketones is 1. The van der Waals surface area contributed by atoms with Crippen LogP contribution in [0.3, 0.4) is 0 Å². The third-order valence-electron chi connectivity index (χ3n) is 5.62. The normalized spacial score (nSPS) is 18.6. The molecule has 0 saturated carbocycles. The molecule has 0 radical (unpaired) electrons. The van der Waals surface area contributed by atoms with Gasteiger partial charge in [-0.05, 0) is 48.9 Å². The minimum absolute atomic E-state index is 0.00322. The first-order chi connectivity index (χ1) is 17.0. The van der Waals surface area contributed by atoms with Gasteiger partial charge in [-0.3, -0.25) is 9.59 Å². The molecule has 1 fully saturated rings. The second-order valence-corrected chi connectivity index (χ2v) is 8.10. The van der Waals surface area contributed by atoms with E-state index >= 15 is 0 Å². The Bertz CT molecular complexity index is 1240. The molecule has 2 aromatic heterocycles. The van der Waals surface area contributed by atoms with Crippen molar-refractivity contribution in [3.8, 4) is 0 Å². The van der Waals surface area contributed by atoms with E-state index in [-0.39, 0.29) is 32.0 Å². The molecule has 2 unspecified atom stereocenters. The van der Waals surface area contributed by atoms with Crippen molar-refractivity contribution in [3.05, 3.63) is 59.6 Å². The van der Waals surface area contributed by atoms with Crippen LogP contribution in [0.2, 0.25) is 0 Å². The van der Waals surface area contributed by atoms with Crippen molar-refractivity contribution in [2.75, 3.05) is 37.0 Å². The first-order valence-corrected chi connectivity index (χ1v) is 11.4. The number of esters is 1. The fraction of sp³-hybridized carbons (Fsp3) is 0.320. The number of nitrogens with zero attached hydrogens (tertiary/aromatic N) is 1. The number of anilines is 2. The van der Waals surface area contributed by atoms with Crippen LogP contribution in [0.5, 0.6) is 0 Å². The van der Waals surface area contributed by atoms with Crippen molar-refractivity contribution in [1.82, 2.24) is 9.97 Å². The Morgan fingerprint density at radius 2 is 2.14 bits per heavy atom. The van der Waals surface area contributed by atoms with Crippen LogP contribution < -0.4 is 10.6 Å². The van der Waals surface area contributed by atoms with Crippen LogP contribution in [0.4, 0.5) is 11.4 Å². The lowest BCUT2D eigenvalue weighted by Crippen LogP contribution is -2.36. The summed E-state index contributed by atoms with van der Waals surface area (Å²) < 4.78 is 11.2. The van der Waals surface area contributed by atoms with Crippen molar-refractivity contribution in [3.63, 3.8) is 0 Å². The molecule has 1 saturated heterocycles. The fourth-order valence-electron chi connectivity index (χ4n) is 3.86. The van der Waals surface area contributed by atoms with Gasteiger partial charge in [0.05, 0.1) is 13.2 Å². The van der Waals surface area contributed by atoms with Gasteiger partial charge in [0.2, 0.25) is 5.78 Å². The lowest BCUT2D eigenvalue weighted by atomic mass is 10.0. The van der Waals surface area contributed by atoms with Crippen LogP contribution in [-0.4, -0.2) is 64.5 Å². The molecule has 0 bridgehead atoms. The average molecular weight is 481 g/mol. The first kappa shape index (κ1) is 24.2. The molecule has 5 N–H and O–H groups in total. The zero-order chi connectivity index (χ0) is 24.8. The summed E-state index contributed by atoms with van der Waals surface area (Å²) in [6.45, 7) is 2.20. The monoisotopic (exact) mass is 480 g/mol. The number of aliphatic hydroxyl groups excluding tert-OH is 2. The molecule has 0 aliphatic carbocycles. The maximum absolute atomic E-state index is 13.3. The lowest BCUT2D eigenvalue weighted by Gasteiger charge is -2.20. The van der Waals surface area contributed by atoms with Crippen molar-refractivity contribution >= 4 is 40.2 Å². The number of benzene rings is 1. The molecule has 184 valence electrons. The zero-order valence-corrected chi connectivity index (χ0v) is 19.3. The van der Waals surface area contributed by atoms with Gasteiger partial charge in [-0.2, -0.15) is 0 Å². The highest BCUT2D eigenvalue weighted by atomic mass is 16.5. The summed E-state index contributed by atoms with van der Waals surface area (Å²) in [6, 6.07) is 9.19. The van der Waals surface area contributed by atoms with E-state index in [4.69, 9.17) is 19.7 Å². The molecule has 10 heteroatoms. The van der Waals surface area contributed by atoms with Crippen LogP contribution >= 0.6 is 0 Å². The van der Waals surface area contributed by atoms with E-state index in [0.717, 1.165) is 16.6 Å². The van der Waals surface area contributed by atoms with Crippen LogP contribution in [0.1, 0.15) is 17.5 Å². The Balaban J connectivity index is 1.60. The fourth-order valence-corrected chi connectivity index (χ4v) is 3.86. The van der Waals surface area contributed by atoms with Crippen LogP contribution in [0.25, 0.3) is 17.1 Å². The van der Waals surface area contributed by atoms with Gasteiger partial charge in [-0.1, -0.05) is 0 Å². The number of H-pyrrole nitrogens is 1. The first-order valence-electron chi connectivity index (χ1n) is 11.4. The van der Waals surface area contributed by atoms with Gasteiger partial charge in [-0.15, -0.1) is 0 Å². The lowest BCUT2D eigenvalue weighted by molar-refractivity contribution is -0.152. The number of aryl methyl sites for hydroxylation is 1. The van der Waals surface area contributed by atoms with Gasteiger partial charge in [0, 0.05) is 54.3 Å². The zero-order valence-electron chi connectivity index (χ0n) is 19.3. The molecule has 1 aliphatic rings. The number of rotatable bonds is 10. The Kier molecular flexibility index (Phi) is 7.64. The number of allylic oxidation sites excluding steroid dienone is 1. The molecule has 35 heavy (non-hydrogen) atoms. The number of pyridine rings is 1. The molecule has 3 aromatic rings. The van der Waals surface area contributed by atoms with Crippen LogP contribution in [0, 0.1) is 12.8 Å². The van der Waals surface area contributed by atoms with Gasteiger partial charge in [0.15, 0.2) is 17.9 Å². The summed E-state index contributed by atoms with van der Waals surface area (Å²) in [5, 5.41) is 25.1. The molecule has 1 aromatic carbocycles. The summed E-state index contributed by atoms with van der Waals surface area (Å²) in [6.07, 6.45) is 4.27. The summed E-state index contributed by atoms with van der Waals surface area (Å²) in [5.41, 5.74) is 3.75. The summed E-state index contributed by atoms with van der Waals surface area (Å²) in [7, 11) is 0. The van der Waals surface area contributed by atoms with E-state index in [1.807, 2.05) is 31.2 Å². The number of carbonyl (C=O) groups excluding carboxylic acids is 2. The van der Waals surface area contributed by atoms with Crippen molar-refractivity contribution in [1.29, 1.82) is 0 Å². The number of fused-ring (bicyclic) bond motifs is 1. The van der Waals surface area contributed by atoms with E-state index < -0.39 is 23.9 Å². The summed E-state index contributed by atoms with van der Waals surface area (Å²) in [5.74, 6) is -2.39. The number of hydrogen-bond donors (Lipinski definition) is 5. The SMILES string of the molecule is Cc1cc(NCCO)ccc1NC1O/C(=C\c2c[nH]c3ncccc23)C(=O)C1C(=O)OCCCO. The Morgan fingerprint density at radius 1 is 1.29 bits per heavy atom. The molecule has 3 heterocycles. The van der Waals surface area contributed by atoms with E-state index in [1.54, 1.807) is 24.5 Å². The highest BCUT2D eigenvalue weighted by Crippen LogP contribution is 2.32. The smallest absolute Gasteiger partial charge is 0.322 e. The molecular weight excluding hydrogens is 452 g/mol. The van der Waals surface area contributed by atoms with E-state index in [2.05, 4.69) is 20.6 Å². The minimum atomic E-state index is -1.21. The standard InChI is InChI=1S/C25H28N4O6/c1-15-12-17(26-8-10-31)5-6-19(15)29-24-21(25(33)34-11-3-9-30)22(32)20(35-24)13-16-14-28-23-18(16)4-2-7-27-23/h2,4-7,12-14,21,24,26,29-31H,3,8-11H2,1H3,(H,27,28)/b20-13-. The largest absolute Gasteiger partial charge is 0.466 e. The number of aliphatic hydroxyl groups is 2. The number of Topliss-reactive ketones (excluding diaryl/α,β-unsaturated/α-hetero) is 1. The molecular formula is C25H28N4O6. The van der Waals surface area contributed by atoms with Crippen molar-refractivity contribution < 1.29 is 29.3 Å². The molecule has 0 amide bonds. The van der Waals surface area contributed by atoms with Crippen LogP contribution in [0.15, 0.2) is 48.5 Å². The number of aromatic nitrogens is 2. The second kappa shape index (κ2) is 11.0. The van der Waals surface area contributed by atoms with Gasteiger partial charge in [0.25, 0.3) is 0 Å². The van der Waals surface area contributed by atoms with E-state index in [0.29, 0.717) is 23.4 Å². The number of aromatic amines is 1.